The lowest BCUT2D eigenvalue weighted by atomic mass is 10.5. The van der Waals surface area contributed by atoms with Gasteiger partial charge in [0.15, 0.2) is 0 Å². The van der Waals surface area contributed by atoms with E-state index in [9.17, 15) is 13.2 Å². The number of hydrogen-bond acceptors (Lipinski definition) is 3. The van der Waals surface area contributed by atoms with Gasteiger partial charge in [-0.1, -0.05) is 0 Å². The molecule has 0 saturated carbocycles. The Balaban J connectivity index is 2.38. The molecule has 0 amide bonds. The Morgan fingerprint density at radius 3 is 2.60 bits per heavy atom. The van der Waals surface area contributed by atoms with E-state index in [1.807, 2.05) is 0 Å². The Morgan fingerprint density at radius 2 is 2.20 bits per heavy atom. The highest BCUT2D eigenvalue weighted by atomic mass is 19.4. The molecule has 10 heavy (non-hydrogen) atoms. The Kier molecular flexibility index (Phi) is 1.69. The lowest BCUT2D eigenvalue weighted by molar-refractivity contribution is -0.284. The zero-order valence-corrected chi connectivity index (χ0v) is 4.90. The van der Waals surface area contributed by atoms with Gasteiger partial charge in [0, 0.05) is 13.0 Å². The third-order valence-corrected chi connectivity index (χ3v) is 0.888. The monoisotopic (exact) mass is 154 g/mol. The number of hydrazone groups is 1. The van der Waals surface area contributed by atoms with E-state index in [0.29, 0.717) is 6.54 Å². The molecule has 0 atom stereocenters. The van der Waals surface area contributed by atoms with Gasteiger partial charge in [0.05, 0.1) is 0 Å². The second-order valence-electron chi connectivity index (χ2n) is 1.71. The predicted octanol–water partition coefficient (Wildman–Crippen LogP) is 0.830. The summed E-state index contributed by atoms with van der Waals surface area (Å²) in [7, 11) is 0. The van der Waals surface area contributed by atoms with Crippen molar-refractivity contribution in [1.82, 2.24) is 5.43 Å². The highest BCUT2D eigenvalue weighted by Gasteiger charge is 2.33. The largest absolute Gasteiger partial charge is 0.574 e. The minimum atomic E-state index is -4.61. The van der Waals surface area contributed by atoms with Gasteiger partial charge in [-0.3, -0.25) is 0 Å². The molecule has 1 N–H and O–H groups in total. The molecule has 1 rings (SSSR count). The summed E-state index contributed by atoms with van der Waals surface area (Å²) in [6.07, 6.45) is -4.41. The van der Waals surface area contributed by atoms with E-state index in [-0.39, 0.29) is 12.3 Å². The van der Waals surface area contributed by atoms with Crippen LogP contribution in [0.5, 0.6) is 0 Å². The van der Waals surface area contributed by atoms with E-state index >= 15 is 0 Å². The van der Waals surface area contributed by atoms with Crippen LogP contribution in [0.25, 0.3) is 0 Å². The zero-order valence-electron chi connectivity index (χ0n) is 4.90. The maximum atomic E-state index is 11.4. The fraction of sp³-hybridized carbons (Fsp3) is 0.750. The number of nitrogens with zero attached hydrogens (tertiary/aromatic N) is 1. The first-order valence-corrected chi connectivity index (χ1v) is 2.63. The summed E-state index contributed by atoms with van der Waals surface area (Å²) in [6.45, 7) is 0.408. The molecule has 0 bridgehead atoms. The molecule has 1 aliphatic heterocycles. The molecule has 6 heteroatoms. The highest BCUT2D eigenvalue weighted by molar-refractivity contribution is 5.77. The van der Waals surface area contributed by atoms with Crippen LogP contribution < -0.4 is 5.43 Å². The summed E-state index contributed by atoms with van der Waals surface area (Å²) < 4.78 is 37.6. The fourth-order valence-corrected chi connectivity index (χ4v) is 0.570. The van der Waals surface area contributed by atoms with Crippen molar-refractivity contribution in [1.29, 1.82) is 0 Å². The first-order valence-electron chi connectivity index (χ1n) is 2.63. The summed E-state index contributed by atoms with van der Waals surface area (Å²) in [6, 6.07) is 0. The number of hydrogen-bond donors (Lipinski definition) is 1. The zero-order chi connectivity index (χ0) is 7.61. The molecule has 0 aromatic rings. The van der Waals surface area contributed by atoms with Crippen LogP contribution in [-0.2, 0) is 4.74 Å². The number of nitrogens with one attached hydrogen (secondary N) is 1. The number of alkyl halides is 3. The van der Waals surface area contributed by atoms with Crippen LogP contribution in [0.4, 0.5) is 13.2 Å². The van der Waals surface area contributed by atoms with Crippen LogP contribution in [0.2, 0.25) is 0 Å². The molecule has 0 aromatic heterocycles. The number of rotatable bonds is 0. The van der Waals surface area contributed by atoms with Crippen molar-refractivity contribution in [3.8, 4) is 0 Å². The van der Waals surface area contributed by atoms with Crippen LogP contribution in [0.1, 0.15) is 6.42 Å². The molecular weight excluding hydrogens is 149 g/mol. The van der Waals surface area contributed by atoms with E-state index in [1.54, 1.807) is 0 Å². The first-order chi connectivity index (χ1) is 4.58. The maximum absolute atomic E-state index is 11.4. The van der Waals surface area contributed by atoms with Crippen LogP contribution in [0.3, 0.4) is 0 Å². The topological polar surface area (TPSA) is 33.6 Å². The van der Waals surface area contributed by atoms with Gasteiger partial charge in [0.25, 0.3) is 0 Å². The average molecular weight is 154 g/mol. The normalized spacial score (nSPS) is 18.1. The van der Waals surface area contributed by atoms with Crippen molar-refractivity contribution < 1.29 is 17.9 Å². The summed E-state index contributed by atoms with van der Waals surface area (Å²) >= 11 is 0. The molecule has 0 spiro atoms. The Labute approximate surface area is 54.9 Å². The minimum absolute atomic E-state index is 0.194. The van der Waals surface area contributed by atoms with E-state index in [2.05, 4.69) is 15.3 Å². The van der Waals surface area contributed by atoms with E-state index in [4.69, 9.17) is 0 Å². The van der Waals surface area contributed by atoms with Crippen molar-refractivity contribution in [2.45, 2.75) is 12.8 Å². The Hall–Kier alpha value is -0.940. The van der Waals surface area contributed by atoms with Gasteiger partial charge in [0.2, 0.25) is 5.90 Å². The lowest BCUT2D eigenvalue weighted by Crippen LogP contribution is -2.17. The molecule has 0 unspecified atom stereocenters. The van der Waals surface area contributed by atoms with Gasteiger partial charge in [-0.05, 0) is 0 Å². The SMILES string of the molecule is FC(F)(F)OC1=NNCC1. The van der Waals surface area contributed by atoms with Crippen LogP contribution in [0.15, 0.2) is 5.10 Å². The van der Waals surface area contributed by atoms with Crippen molar-refractivity contribution in [3.63, 3.8) is 0 Å². The molecule has 1 aliphatic rings. The third-order valence-electron chi connectivity index (χ3n) is 0.888. The van der Waals surface area contributed by atoms with E-state index < -0.39 is 6.36 Å². The van der Waals surface area contributed by atoms with Crippen molar-refractivity contribution in [3.05, 3.63) is 0 Å². The van der Waals surface area contributed by atoms with Gasteiger partial charge in [-0.2, -0.15) is 0 Å². The first kappa shape index (κ1) is 7.17. The smallest absolute Gasteiger partial charge is 0.390 e. The molecule has 58 valence electrons. The van der Waals surface area contributed by atoms with E-state index in [0.717, 1.165) is 0 Å². The maximum Gasteiger partial charge on any atom is 0.574 e. The van der Waals surface area contributed by atoms with Gasteiger partial charge in [-0.25, -0.2) is 0 Å². The highest BCUT2D eigenvalue weighted by Crippen LogP contribution is 2.18. The van der Waals surface area contributed by atoms with Crippen LogP contribution in [0, 0.1) is 0 Å². The summed E-state index contributed by atoms with van der Waals surface area (Å²) in [5.74, 6) is -0.299. The van der Waals surface area contributed by atoms with Gasteiger partial charge in [-0.15, -0.1) is 18.3 Å². The summed E-state index contributed by atoms with van der Waals surface area (Å²) in [5, 5.41) is 3.25. The molecule has 0 aliphatic carbocycles. The molecule has 0 fully saturated rings. The van der Waals surface area contributed by atoms with Crippen molar-refractivity contribution >= 4 is 5.90 Å². The predicted molar refractivity (Wildman–Crippen MR) is 27.2 cm³/mol. The lowest BCUT2D eigenvalue weighted by Gasteiger charge is -2.05. The van der Waals surface area contributed by atoms with Crippen molar-refractivity contribution in [2.75, 3.05) is 6.54 Å². The second-order valence-corrected chi connectivity index (χ2v) is 1.71. The van der Waals surface area contributed by atoms with Gasteiger partial charge >= 0.3 is 6.36 Å². The van der Waals surface area contributed by atoms with Crippen LogP contribution in [-0.4, -0.2) is 18.8 Å². The molecule has 0 aromatic carbocycles. The molecular formula is C4H5F3N2O. The Bertz CT molecular complexity index is 153. The average Bonchev–Trinajstić information content (AvgIpc) is 2.12. The third kappa shape index (κ3) is 2.12. The van der Waals surface area contributed by atoms with Gasteiger partial charge < -0.3 is 10.2 Å². The second kappa shape index (κ2) is 2.36. The molecule has 3 nitrogen and oxygen atoms in total. The quantitative estimate of drug-likeness (QED) is 0.560. The molecule has 1 heterocycles. The van der Waals surface area contributed by atoms with Crippen LogP contribution >= 0.6 is 0 Å². The minimum Gasteiger partial charge on any atom is -0.390 e. The fourth-order valence-electron chi connectivity index (χ4n) is 0.570. The Morgan fingerprint density at radius 1 is 1.50 bits per heavy atom. The number of halogens is 3. The summed E-state index contributed by atoms with van der Waals surface area (Å²) in [4.78, 5) is 0. The molecule has 0 saturated heterocycles. The standard InChI is InChI=1S/C4H5F3N2O/c5-4(6,7)10-3-1-2-8-9-3/h8H,1-2H2. The van der Waals surface area contributed by atoms with Crippen molar-refractivity contribution in [2.24, 2.45) is 5.10 Å². The molecule has 0 radical (unpaired) electrons. The number of ether oxygens (including phenoxy) is 1. The van der Waals surface area contributed by atoms with E-state index in [1.165, 1.54) is 0 Å². The van der Waals surface area contributed by atoms with Gasteiger partial charge in [0.1, 0.15) is 0 Å². The summed E-state index contributed by atoms with van der Waals surface area (Å²) in [5.41, 5.74) is 2.36.